The van der Waals surface area contributed by atoms with Crippen LogP contribution in [0.25, 0.3) is 11.5 Å². The molecule has 4 rings (SSSR count). The lowest BCUT2D eigenvalue weighted by atomic mass is 10.0. The second kappa shape index (κ2) is 9.53. The van der Waals surface area contributed by atoms with Gasteiger partial charge in [-0.2, -0.15) is 0 Å². The van der Waals surface area contributed by atoms with Crippen molar-refractivity contribution in [2.45, 2.75) is 0 Å². The normalized spacial score (nSPS) is 11.4. The zero-order valence-corrected chi connectivity index (χ0v) is 16.9. The van der Waals surface area contributed by atoms with E-state index in [1.165, 1.54) is 0 Å². The number of nitrogens with zero attached hydrogens (tertiary/aromatic N) is 1. The predicted octanol–water partition coefficient (Wildman–Crippen LogP) is 6.70. The zero-order chi connectivity index (χ0) is 20.6. The lowest BCUT2D eigenvalue weighted by molar-refractivity contribution is 0.371. The van der Waals surface area contributed by atoms with Gasteiger partial charge in [-0.25, -0.2) is 4.99 Å². The zero-order valence-electron chi connectivity index (χ0n) is 16.9. The average Bonchev–Trinajstić information content (AvgIpc) is 2.84. The third kappa shape index (κ3) is 4.39. The molecule has 2 nitrogen and oxygen atoms in total. The van der Waals surface area contributed by atoms with Crippen LogP contribution in [0, 0.1) is 0 Å². The first kappa shape index (κ1) is 19.4. The Kier molecular flexibility index (Phi) is 6.16. The van der Waals surface area contributed by atoms with E-state index < -0.39 is 0 Å². The highest BCUT2D eigenvalue weighted by Gasteiger charge is 2.15. The van der Waals surface area contributed by atoms with Gasteiger partial charge in [0.15, 0.2) is 5.76 Å². The summed E-state index contributed by atoms with van der Waals surface area (Å²) in [7, 11) is 1.70. The Morgan fingerprint density at radius 1 is 0.500 bits per heavy atom. The molecule has 0 fully saturated rings. The summed E-state index contributed by atoms with van der Waals surface area (Å²) in [5.74, 6) is 0.742. The molecule has 4 aromatic rings. The van der Waals surface area contributed by atoms with E-state index in [9.17, 15) is 0 Å². The first-order valence-electron chi connectivity index (χ1n) is 9.95. The molecule has 146 valence electrons. The summed E-state index contributed by atoms with van der Waals surface area (Å²) in [5.41, 5.74) is 5.81. The van der Waals surface area contributed by atoms with Crippen LogP contribution in [0.1, 0.15) is 22.3 Å². The second-order valence-corrected chi connectivity index (χ2v) is 6.81. The van der Waals surface area contributed by atoms with E-state index in [0.29, 0.717) is 0 Å². The van der Waals surface area contributed by atoms with Crippen molar-refractivity contribution in [2.75, 3.05) is 7.11 Å². The minimum Gasteiger partial charge on any atom is -0.494 e. The number of aliphatic imine (C=N–C) groups is 1. The summed E-state index contributed by atoms with van der Waals surface area (Å²) in [6.45, 7) is 0. The SMILES string of the molecule is CO/C(=C(\N=C(c1ccccc1)c1ccccc1)c1ccccc1)c1ccccc1. The Bertz CT molecular complexity index is 1090. The Morgan fingerprint density at radius 2 is 0.867 bits per heavy atom. The molecule has 0 saturated carbocycles. The van der Waals surface area contributed by atoms with Crippen LogP contribution in [0.5, 0.6) is 0 Å². The van der Waals surface area contributed by atoms with Gasteiger partial charge in [-0.05, 0) is 0 Å². The predicted molar refractivity (Wildman–Crippen MR) is 125 cm³/mol. The molecule has 2 heteroatoms. The topological polar surface area (TPSA) is 21.6 Å². The summed E-state index contributed by atoms with van der Waals surface area (Å²) >= 11 is 0. The highest BCUT2D eigenvalue weighted by Crippen LogP contribution is 2.29. The fourth-order valence-corrected chi connectivity index (χ4v) is 3.38. The van der Waals surface area contributed by atoms with Crippen molar-refractivity contribution >= 4 is 17.2 Å². The summed E-state index contributed by atoms with van der Waals surface area (Å²) in [6, 6.07) is 40.8. The number of hydrogen-bond acceptors (Lipinski definition) is 2. The van der Waals surface area contributed by atoms with Crippen LogP contribution in [0.2, 0.25) is 0 Å². The molecule has 0 aliphatic rings. The summed E-state index contributed by atoms with van der Waals surface area (Å²) in [4.78, 5) is 5.21. The van der Waals surface area contributed by atoms with Crippen LogP contribution in [0.4, 0.5) is 0 Å². The highest BCUT2D eigenvalue weighted by atomic mass is 16.5. The summed E-state index contributed by atoms with van der Waals surface area (Å²) < 4.78 is 5.90. The monoisotopic (exact) mass is 389 g/mol. The first-order chi connectivity index (χ1) is 14.9. The number of methoxy groups -OCH3 is 1. The van der Waals surface area contributed by atoms with Crippen molar-refractivity contribution in [1.29, 1.82) is 0 Å². The van der Waals surface area contributed by atoms with Crippen LogP contribution < -0.4 is 0 Å². The molecule has 30 heavy (non-hydrogen) atoms. The maximum atomic E-state index is 5.90. The molecular weight excluding hydrogens is 366 g/mol. The molecule has 0 aliphatic heterocycles. The third-order valence-corrected chi connectivity index (χ3v) is 4.82. The molecule has 0 bridgehead atoms. The van der Waals surface area contributed by atoms with Gasteiger partial charge in [-0.15, -0.1) is 0 Å². The maximum Gasteiger partial charge on any atom is 0.152 e. The van der Waals surface area contributed by atoms with Crippen molar-refractivity contribution in [1.82, 2.24) is 0 Å². The molecule has 0 radical (unpaired) electrons. The van der Waals surface area contributed by atoms with Gasteiger partial charge < -0.3 is 4.74 Å². The quantitative estimate of drug-likeness (QED) is 0.204. The van der Waals surface area contributed by atoms with Crippen LogP contribution in [0.15, 0.2) is 126 Å². The molecule has 0 aromatic heterocycles. The largest absolute Gasteiger partial charge is 0.494 e. The number of ether oxygens (including phenoxy) is 1. The van der Waals surface area contributed by atoms with Crippen molar-refractivity contribution in [2.24, 2.45) is 4.99 Å². The molecule has 0 aliphatic carbocycles. The Labute approximate surface area is 177 Å². The Balaban J connectivity index is 2.00. The minimum absolute atomic E-state index is 0.742. The van der Waals surface area contributed by atoms with Gasteiger partial charge in [-0.3, -0.25) is 0 Å². The van der Waals surface area contributed by atoms with E-state index in [-0.39, 0.29) is 0 Å². The fourth-order valence-electron chi connectivity index (χ4n) is 3.38. The molecule has 0 unspecified atom stereocenters. The summed E-state index contributed by atoms with van der Waals surface area (Å²) in [6.07, 6.45) is 0. The summed E-state index contributed by atoms with van der Waals surface area (Å²) in [5, 5.41) is 0. The molecule has 0 atom stereocenters. The van der Waals surface area contributed by atoms with Gasteiger partial charge >= 0.3 is 0 Å². The molecule has 0 heterocycles. The number of benzene rings is 4. The Morgan fingerprint density at radius 3 is 1.27 bits per heavy atom. The van der Waals surface area contributed by atoms with E-state index >= 15 is 0 Å². The first-order valence-corrected chi connectivity index (χ1v) is 9.95. The molecule has 0 amide bonds. The Hall–Kier alpha value is -3.91. The van der Waals surface area contributed by atoms with Gasteiger partial charge in [0, 0.05) is 22.3 Å². The lowest BCUT2D eigenvalue weighted by Gasteiger charge is -2.15. The molecule has 0 saturated heterocycles. The second-order valence-electron chi connectivity index (χ2n) is 6.81. The van der Waals surface area contributed by atoms with E-state index in [2.05, 4.69) is 36.4 Å². The van der Waals surface area contributed by atoms with Crippen molar-refractivity contribution in [3.05, 3.63) is 144 Å². The van der Waals surface area contributed by atoms with Gasteiger partial charge in [0.25, 0.3) is 0 Å². The molecule has 0 N–H and O–H groups in total. The highest BCUT2D eigenvalue weighted by molar-refractivity contribution is 6.15. The smallest absolute Gasteiger partial charge is 0.152 e. The van der Waals surface area contributed by atoms with Gasteiger partial charge in [-0.1, -0.05) is 121 Å². The van der Waals surface area contributed by atoms with E-state index in [1.807, 2.05) is 84.9 Å². The van der Waals surface area contributed by atoms with E-state index in [1.54, 1.807) is 7.11 Å². The van der Waals surface area contributed by atoms with Crippen LogP contribution >= 0.6 is 0 Å². The van der Waals surface area contributed by atoms with Crippen LogP contribution in [0.3, 0.4) is 0 Å². The van der Waals surface area contributed by atoms with E-state index in [4.69, 9.17) is 9.73 Å². The minimum atomic E-state index is 0.742. The maximum absolute atomic E-state index is 5.90. The van der Waals surface area contributed by atoms with Gasteiger partial charge in [0.2, 0.25) is 0 Å². The van der Waals surface area contributed by atoms with E-state index in [0.717, 1.165) is 39.4 Å². The van der Waals surface area contributed by atoms with Crippen molar-refractivity contribution < 1.29 is 4.74 Å². The molecule has 0 spiro atoms. The van der Waals surface area contributed by atoms with Crippen LogP contribution in [-0.4, -0.2) is 12.8 Å². The van der Waals surface area contributed by atoms with Crippen LogP contribution in [-0.2, 0) is 4.74 Å². The molecular formula is C28H23NO. The molecule has 4 aromatic carbocycles. The third-order valence-electron chi connectivity index (χ3n) is 4.82. The van der Waals surface area contributed by atoms with Gasteiger partial charge in [0.1, 0.15) is 5.70 Å². The average molecular weight is 389 g/mol. The number of hydrogen-bond donors (Lipinski definition) is 0. The standard InChI is InChI=1S/C28H23NO/c1-30-28(25-20-12-5-13-21-25)27(24-18-10-4-11-19-24)29-26(22-14-6-2-7-15-22)23-16-8-3-9-17-23/h2-21H,1H3/b28-27-. The fraction of sp³-hybridized carbons (Fsp3) is 0.0357. The van der Waals surface area contributed by atoms with Crippen molar-refractivity contribution in [3.8, 4) is 0 Å². The number of rotatable bonds is 6. The van der Waals surface area contributed by atoms with Gasteiger partial charge in [0.05, 0.1) is 12.8 Å². The lowest BCUT2D eigenvalue weighted by Crippen LogP contribution is -2.05. The van der Waals surface area contributed by atoms with Crippen molar-refractivity contribution in [3.63, 3.8) is 0 Å².